The summed E-state index contributed by atoms with van der Waals surface area (Å²) in [6.07, 6.45) is 2.54. The lowest BCUT2D eigenvalue weighted by molar-refractivity contribution is -0.144. The van der Waals surface area contributed by atoms with Crippen LogP contribution in [0.15, 0.2) is 0 Å². The number of halogens is 1. The largest absolute Gasteiger partial charge is 0.784 e. The zero-order valence-corrected chi connectivity index (χ0v) is 19.7. The van der Waals surface area contributed by atoms with E-state index in [1.54, 1.807) is 0 Å². The summed E-state index contributed by atoms with van der Waals surface area (Å²) in [7, 11) is 0. The first-order valence-corrected chi connectivity index (χ1v) is 11.0. The molecule has 2 aliphatic rings. The molecule has 1 amide bonds. The van der Waals surface area contributed by atoms with E-state index in [-0.39, 0.29) is 23.3 Å². The number of alkyl halides is 1. The summed E-state index contributed by atoms with van der Waals surface area (Å²) in [6, 6.07) is -0.0277. The van der Waals surface area contributed by atoms with Gasteiger partial charge in [-0.05, 0) is 81.1 Å². The first-order valence-electron chi connectivity index (χ1n) is 9.87. The van der Waals surface area contributed by atoms with Crippen LogP contribution >= 0.6 is 15.9 Å². The van der Waals surface area contributed by atoms with E-state index in [4.69, 9.17) is 0 Å². The van der Waals surface area contributed by atoms with Gasteiger partial charge in [-0.1, -0.05) is 15.9 Å². The number of rotatable bonds is 3. The van der Waals surface area contributed by atoms with Crippen molar-refractivity contribution in [2.24, 2.45) is 0 Å². The SMILES string of the molecule is CC1(C)CC(N(C(=O)CBr)C2CC(C)(C)N([O-])C(C)(C)C2)CC(C)(C)N1[O-]. The van der Waals surface area contributed by atoms with Crippen molar-refractivity contribution in [1.82, 2.24) is 15.0 Å². The first-order chi connectivity index (χ1) is 12.0. The molecule has 0 aliphatic carbocycles. The van der Waals surface area contributed by atoms with Crippen LogP contribution in [0.2, 0.25) is 0 Å². The predicted octanol–water partition coefficient (Wildman–Crippen LogP) is 4.25. The van der Waals surface area contributed by atoms with Gasteiger partial charge in [0.1, 0.15) is 0 Å². The van der Waals surface area contributed by atoms with Crippen molar-refractivity contribution in [2.75, 3.05) is 5.33 Å². The Bertz CT molecular complexity index is 499. The van der Waals surface area contributed by atoms with Gasteiger partial charge in [0.25, 0.3) is 0 Å². The monoisotopic (exact) mass is 445 g/mol. The molecule has 0 unspecified atom stereocenters. The molecular formula is C20H36BrN3O3-2. The molecule has 2 rings (SSSR count). The van der Waals surface area contributed by atoms with Crippen molar-refractivity contribution in [3.05, 3.63) is 10.4 Å². The van der Waals surface area contributed by atoms with Gasteiger partial charge in [0.05, 0.1) is 5.33 Å². The van der Waals surface area contributed by atoms with E-state index < -0.39 is 22.2 Å². The average molecular weight is 446 g/mol. The van der Waals surface area contributed by atoms with E-state index in [1.165, 1.54) is 10.1 Å². The van der Waals surface area contributed by atoms with Crippen molar-refractivity contribution in [3.8, 4) is 0 Å². The number of carbonyl (C=O) groups is 1. The lowest BCUT2D eigenvalue weighted by Crippen LogP contribution is -2.67. The number of amides is 1. The molecule has 7 heteroatoms. The summed E-state index contributed by atoms with van der Waals surface area (Å²) in [5.41, 5.74) is -2.16. The van der Waals surface area contributed by atoms with Gasteiger partial charge >= 0.3 is 0 Å². The quantitative estimate of drug-likeness (QED) is 0.606. The van der Waals surface area contributed by atoms with Crippen LogP contribution in [-0.2, 0) is 4.79 Å². The number of piperidine rings is 2. The number of carbonyl (C=O) groups excluding carboxylic acids is 1. The molecule has 0 saturated carbocycles. The van der Waals surface area contributed by atoms with Crippen LogP contribution in [0.3, 0.4) is 0 Å². The molecule has 0 radical (unpaired) electrons. The molecule has 2 heterocycles. The molecule has 0 aromatic rings. The Morgan fingerprint density at radius 1 is 0.815 bits per heavy atom. The van der Waals surface area contributed by atoms with Crippen molar-refractivity contribution in [3.63, 3.8) is 0 Å². The maximum atomic E-state index is 13.0. The zero-order chi connectivity index (χ0) is 21.0. The van der Waals surface area contributed by atoms with Crippen molar-refractivity contribution < 1.29 is 4.79 Å². The van der Waals surface area contributed by atoms with Gasteiger partial charge in [0, 0.05) is 34.2 Å². The van der Waals surface area contributed by atoms with Gasteiger partial charge in [0.2, 0.25) is 5.91 Å². The fourth-order valence-electron chi connectivity index (χ4n) is 5.59. The van der Waals surface area contributed by atoms with Gasteiger partial charge in [-0.15, -0.1) is 0 Å². The van der Waals surface area contributed by atoms with Crippen LogP contribution in [0.4, 0.5) is 0 Å². The van der Waals surface area contributed by atoms with Gasteiger partial charge in [0.15, 0.2) is 0 Å². The van der Waals surface area contributed by atoms with Crippen LogP contribution in [0.25, 0.3) is 0 Å². The Morgan fingerprint density at radius 2 is 1.07 bits per heavy atom. The zero-order valence-electron chi connectivity index (χ0n) is 18.1. The summed E-state index contributed by atoms with van der Waals surface area (Å²) < 4.78 is 0. The van der Waals surface area contributed by atoms with E-state index in [2.05, 4.69) is 15.9 Å². The fourth-order valence-corrected chi connectivity index (χ4v) is 5.88. The number of hydroxylamine groups is 4. The normalized spacial score (nSPS) is 28.9. The van der Waals surface area contributed by atoms with Crippen LogP contribution in [-0.4, -0.2) is 60.5 Å². The third kappa shape index (κ3) is 4.37. The molecule has 0 N–H and O–H groups in total. The van der Waals surface area contributed by atoms with Crippen molar-refractivity contribution in [2.45, 2.75) is 115 Å². The summed E-state index contributed by atoms with van der Waals surface area (Å²) in [5.74, 6) is 0.0434. The molecule has 2 aliphatic heterocycles. The van der Waals surface area contributed by atoms with E-state index in [0.717, 1.165) is 0 Å². The minimum atomic E-state index is -0.540. The molecule has 0 aromatic heterocycles. The summed E-state index contributed by atoms with van der Waals surface area (Å²) in [4.78, 5) is 15.0. The molecule has 0 spiro atoms. The highest BCUT2D eigenvalue weighted by Crippen LogP contribution is 2.44. The maximum absolute atomic E-state index is 13.0. The van der Waals surface area contributed by atoms with Crippen LogP contribution in [0, 0.1) is 10.4 Å². The van der Waals surface area contributed by atoms with E-state index >= 15 is 0 Å². The molecule has 0 bridgehead atoms. The topological polar surface area (TPSA) is 72.9 Å². The Hall–Kier alpha value is -0.210. The summed E-state index contributed by atoms with van der Waals surface area (Å²) >= 11 is 3.35. The van der Waals surface area contributed by atoms with Gasteiger partial charge < -0.3 is 25.4 Å². The summed E-state index contributed by atoms with van der Waals surface area (Å²) in [5, 5.41) is 28.2. The van der Waals surface area contributed by atoms with Crippen molar-refractivity contribution >= 4 is 21.8 Å². The Morgan fingerprint density at radius 3 is 1.30 bits per heavy atom. The summed E-state index contributed by atoms with van der Waals surface area (Å²) in [6.45, 7) is 15.7. The van der Waals surface area contributed by atoms with Crippen LogP contribution in [0.1, 0.15) is 81.1 Å². The lowest BCUT2D eigenvalue weighted by Gasteiger charge is -2.64. The third-order valence-electron chi connectivity index (χ3n) is 6.33. The molecule has 0 aromatic carbocycles. The highest BCUT2D eigenvalue weighted by atomic mass is 79.9. The number of hydrogen-bond acceptors (Lipinski definition) is 5. The number of hydrogen-bond donors (Lipinski definition) is 0. The molecule has 2 saturated heterocycles. The second-order valence-corrected chi connectivity index (χ2v) is 11.5. The first kappa shape index (κ1) is 23.1. The van der Waals surface area contributed by atoms with Gasteiger partial charge in [-0.25, -0.2) is 0 Å². The Kier molecular flexibility index (Phi) is 6.19. The Balaban J connectivity index is 2.40. The minimum absolute atomic E-state index is 0.0138. The molecule has 0 atom stereocenters. The maximum Gasteiger partial charge on any atom is 0.233 e. The highest BCUT2D eigenvalue weighted by Gasteiger charge is 2.48. The fraction of sp³-hybridized carbons (Fsp3) is 0.950. The van der Waals surface area contributed by atoms with E-state index in [1.807, 2.05) is 60.3 Å². The van der Waals surface area contributed by atoms with Crippen LogP contribution < -0.4 is 0 Å². The molecular weight excluding hydrogens is 410 g/mol. The Labute approximate surface area is 172 Å². The van der Waals surface area contributed by atoms with Gasteiger partial charge in [-0.2, -0.15) is 0 Å². The van der Waals surface area contributed by atoms with Gasteiger partial charge in [-0.3, -0.25) is 4.79 Å². The number of nitrogens with zero attached hydrogens (tertiary/aromatic N) is 3. The lowest BCUT2D eigenvalue weighted by atomic mass is 9.74. The third-order valence-corrected chi connectivity index (χ3v) is 6.81. The second kappa shape index (κ2) is 7.24. The molecule has 6 nitrogen and oxygen atoms in total. The molecule has 27 heavy (non-hydrogen) atoms. The minimum Gasteiger partial charge on any atom is -0.784 e. The van der Waals surface area contributed by atoms with E-state index in [0.29, 0.717) is 25.7 Å². The standard InChI is InChI=1S/C20H36BrN3O3/c1-17(2)9-14(10-18(3,4)23(17)26)22(16(25)13-21)15-11-19(5,6)24(27)20(7,8)12-15/h14-15H,9-13H2,1-8H3/q-2. The molecule has 2 fully saturated rings. The second-order valence-electron chi connectivity index (χ2n) is 10.9. The van der Waals surface area contributed by atoms with E-state index in [9.17, 15) is 15.2 Å². The predicted molar refractivity (Wildman–Crippen MR) is 113 cm³/mol. The van der Waals surface area contributed by atoms with Crippen LogP contribution in [0.5, 0.6) is 0 Å². The van der Waals surface area contributed by atoms with Crippen molar-refractivity contribution in [1.29, 1.82) is 0 Å². The smallest absolute Gasteiger partial charge is 0.233 e. The average Bonchev–Trinajstić information content (AvgIpc) is 2.49. The highest BCUT2D eigenvalue weighted by molar-refractivity contribution is 9.09. The molecule has 158 valence electrons.